The van der Waals surface area contributed by atoms with Gasteiger partial charge in [-0.05, 0) is 59.2 Å². The predicted molar refractivity (Wildman–Crippen MR) is 122 cm³/mol. The monoisotopic (exact) mass is 429 g/mol. The first-order valence-corrected chi connectivity index (χ1v) is 12.0. The molecule has 0 saturated heterocycles. The van der Waals surface area contributed by atoms with E-state index in [1.165, 1.54) is 5.56 Å². The Hall–Kier alpha value is -2.38. The van der Waals surface area contributed by atoms with Gasteiger partial charge in [0, 0.05) is 24.5 Å². The summed E-state index contributed by atoms with van der Waals surface area (Å²) < 4.78 is 26.3. The SMILES string of the molecule is CCCS(=O)(=O)N1CCc2ccc(NC(=O)Nc3ccc(C(C)(C)C)cc3)cc2C1. The van der Waals surface area contributed by atoms with E-state index in [1.54, 1.807) is 4.31 Å². The number of hydrogen-bond donors (Lipinski definition) is 2. The molecule has 7 heteroatoms. The number of amides is 2. The molecule has 3 rings (SSSR count). The Morgan fingerprint density at radius 1 is 1.00 bits per heavy atom. The molecule has 2 aromatic carbocycles. The second-order valence-electron chi connectivity index (χ2n) is 8.79. The first-order chi connectivity index (χ1) is 14.1. The summed E-state index contributed by atoms with van der Waals surface area (Å²) in [6, 6.07) is 13.2. The van der Waals surface area contributed by atoms with Gasteiger partial charge in [0.2, 0.25) is 10.0 Å². The van der Waals surface area contributed by atoms with Crippen molar-refractivity contribution in [2.45, 2.75) is 52.5 Å². The first-order valence-electron chi connectivity index (χ1n) is 10.4. The Balaban J connectivity index is 1.66. The number of fused-ring (bicyclic) bond motifs is 1. The van der Waals surface area contributed by atoms with Gasteiger partial charge in [-0.3, -0.25) is 0 Å². The van der Waals surface area contributed by atoms with Crippen molar-refractivity contribution < 1.29 is 13.2 Å². The minimum Gasteiger partial charge on any atom is -0.308 e. The van der Waals surface area contributed by atoms with Gasteiger partial charge in [-0.25, -0.2) is 13.2 Å². The van der Waals surface area contributed by atoms with Gasteiger partial charge in [-0.15, -0.1) is 0 Å². The maximum Gasteiger partial charge on any atom is 0.323 e. The average molecular weight is 430 g/mol. The molecule has 30 heavy (non-hydrogen) atoms. The molecule has 0 bridgehead atoms. The minimum absolute atomic E-state index is 0.0579. The van der Waals surface area contributed by atoms with E-state index in [0.717, 1.165) is 16.8 Å². The largest absolute Gasteiger partial charge is 0.323 e. The van der Waals surface area contributed by atoms with Gasteiger partial charge >= 0.3 is 6.03 Å². The Morgan fingerprint density at radius 2 is 1.63 bits per heavy atom. The molecule has 0 unspecified atom stereocenters. The van der Waals surface area contributed by atoms with Crippen molar-refractivity contribution in [3.8, 4) is 0 Å². The quantitative estimate of drug-likeness (QED) is 0.721. The number of benzene rings is 2. The fourth-order valence-electron chi connectivity index (χ4n) is 3.58. The molecule has 2 aromatic rings. The van der Waals surface area contributed by atoms with E-state index in [9.17, 15) is 13.2 Å². The molecule has 2 amide bonds. The maximum absolute atomic E-state index is 12.4. The van der Waals surface area contributed by atoms with Gasteiger partial charge in [0.25, 0.3) is 0 Å². The molecule has 0 aliphatic carbocycles. The van der Waals surface area contributed by atoms with Crippen molar-refractivity contribution in [3.63, 3.8) is 0 Å². The van der Waals surface area contributed by atoms with Crippen molar-refractivity contribution in [3.05, 3.63) is 59.2 Å². The zero-order valence-corrected chi connectivity index (χ0v) is 19.0. The fourth-order valence-corrected chi connectivity index (χ4v) is 5.06. The molecule has 0 spiro atoms. The molecule has 0 aromatic heterocycles. The summed E-state index contributed by atoms with van der Waals surface area (Å²) in [6.07, 6.45) is 1.29. The third-order valence-corrected chi connectivity index (χ3v) is 7.33. The van der Waals surface area contributed by atoms with E-state index in [1.807, 2.05) is 49.4 Å². The highest BCUT2D eigenvalue weighted by molar-refractivity contribution is 7.89. The number of urea groups is 1. The third-order valence-electron chi connectivity index (χ3n) is 5.31. The summed E-state index contributed by atoms with van der Waals surface area (Å²) in [6.45, 7) is 9.16. The molecule has 1 heterocycles. The van der Waals surface area contributed by atoms with Crippen LogP contribution in [0.4, 0.5) is 16.2 Å². The first kappa shape index (κ1) is 22.3. The van der Waals surface area contributed by atoms with Crippen LogP contribution in [0.1, 0.15) is 50.8 Å². The Morgan fingerprint density at radius 3 is 2.27 bits per heavy atom. The van der Waals surface area contributed by atoms with Gasteiger partial charge in [0.05, 0.1) is 5.75 Å². The summed E-state index contributed by atoms with van der Waals surface area (Å²) >= 11 is 0. The van der Waals surface area contributed by atoms with Crippen LogP contribution in [0.25, 0.3) is 0 Å². The second kappa shape index (κ2) is 8.78. The van der Waals surface area contributed by atoms with Crippen LogP contribution in [0, 0.1) is 0 Å². The van der Waals surface area contributed by atoms with E-state index >= 15 is 0 Å². The number of sulfonamides is 1. The summed E-state index contributed by atoms with van der Waals surface area (Å²) in [5.74, 6) is 0.163. The molecule has 0 atom stereocenters. The molecule has 1 aliphatic rings. The van der Waals surface area contributed by atoms with Gasteiger partial charge in [-0.1, -0.05) is 45.9 Å². The van der Waals surface area contributed by atoms with Crippen LogP contribution >= 0.6 is 0 Å². The molecule has 6 nitrogen and oxygen atoms in total. The topological polar surface area (TPSA) is 78.5 Å². The lowest BCUT2D eigenvalue weighted by molar-refractivity contribution is 0.262. The van der Waals surface area contributed by atoms with Crippen LogP contribution in [0.15, 0.2) is 42.5 Å². The van der Waals surface area contributed by atoms with Crippen molar-refractivity contribution in [1.82, 2.24) is 4.31 Å². The van der Waals surface area contributed by atoms with Gasteiger partial charge in [0.15, 0.2) is 0 Å². The molecule has 0 fully saturated rings. The molecule has 1 aliphatic heterocycles. The molecule has 0 saturated carbocycles. The van der Waals surface area contributed by atoms with Crippen molar-refractivity contribution >= 4 is 27.4 Å². The van der Waals surface area contributed by atoms with Gasteiger partial charge < -0.3 is 10.6 Å². The highest BCUT2D eigenvalue weighted by atomic mass is 32.2. The van der Waals surface area contributed by atoms with Crippen molar-refractivity contribution in [2.24, 2.45) is 0 Å². The third kappa shape index (κ3) is 5.40. The van der Waals surface area contributed by atoms with Gasteiger partial charge in [0.1, 0.15) is 0 Å². The standard InChI is InChI=1S/C23H31N3O3S/c1-5-14-30(28,29)26-13-12-17-6-9-21(15-18(17)16-26)25-22(27)24-20-10-7-19(8-11-20)23(2,3)4/h6-11,15H,5,12-14,16H2,1-4H3,(H2,24,25,27). The highest BCUT2D eigenvalue weighted by Crippen LogP contribution is 2.26. The Labute approximate surface area is 179 Å². The van der Waals surface area contributed by atoms with Crippen LogP contribution in [0.3, 0.4) is 0 Å². The second-order valence-corrected chi connectivity index (χ2v) is 10.9. The highest BCUT2D eigenvalue weighted by Gasteiger charge is 2.26. The summed E-state index contributed by atoms with van der Waals surface area (Å²) in [5, 5.41) is 5.69. The van der Waals surface area contributed by atoms with E-state index < -0.39 is 10.0 Å². The Kier molecular flexibility index (Phi) is 6.53. The van der Waals surface area contributed by atoms with Crippen LogP contribution < -0.4 is 10.6 Å². The number of nitrogens with one attached hydrogen (secondary N) is 2. The maximum atomic E-state index is 12.4. The molecule has 0 radical (unpaired) electrons. The predicted octanol–water partition coefficient (Wildman–Crippen LogP) is 4.73. The molecule has 162 valence electrons. The lowest BCUT2D eigenvalue weighted by Gasteiger charge is -2.28. The summed E-state index contributed by atoms with van der Waals surface area (Å²) in [7, 11) is -3.23. The van der Waals surface area contributed by atoms with E-state index in [-0.39, 0.29) is 17.2 Å². The normalized spacial score (nSPS) is 14.8. The van der Waals surface area contributed by atoms with E-state index in [0.29, 0.717) is 31.6 Å². The van der Waals surface area contributed by atoms with Crippen LogP contribution in [-0.4, -0.2) is 31.1 Å². The van der Waals surface area contributed by atoms with E-state index in [4.69, 9.17) is 0 Å². The minimum atomic E-state index is -3.23. The van der Waals surface area contributed by atoms with Gasteiger partial charge in [-0.2, -0.15) is 4.31 Å². The molecular weight excluding hydrogens is 398 g/mol. The van der Waals surface area contributed by atoms with Crippen molar-refractivity contribution in [1.29, 1.82) is 0 Å². The number of carbonyl (C=O) groups excluding carboxylic acids is 1. The van der Waals surface area contributed by atoms with Crippen molar-refractivity contribution in [2.75, 3.05) is 22.9 Å². The summed E-state index contributed by atoms with van der Waals surface area (Å²) in [4.78, 5) is 12.4. The van der Waals surface area contributed by atoms with Crippen LogP contribution in [-0.2, 0) is 28.4 Å². The molecular formula is C23H31N3O3S. The lowest BCUT2D eigenvalue weighted by atomic mass is 9.87. The zero-order valence-electron chi connectivity index (χ0n) is 18.2. The zero-order chi connectivity index (χ0) is 21.9. The Bertz CT molecular complexity index is 1010. The number of rotatable bonds is 5. The smallest absolute Gasteiger partial charge is 0.308 e. The average Bonchev–Trinajstić information content (AvgIpc) is 2.67. The number of carbonyl (C=O) groups is 1. The fraction of sp³-hybridized carbons (Fsp3) is 0.435. The summed E-state index contributed by atoms with van der Waals surface area (Å²) in [5.41, 5.74) is 4.69. The number of hydrogen-bond acceptors (Lipinski definition) is 3. The number of anilines is 2. The lowest BCUT2D eigenvalue weighted by Crippen LogP contribution is -2.37. The molecule has 2 N–H and O–H groups in total. The number of nitrogens with zero attached hydrogens (tertiary/aromatic N) is 1. The van der Waals surface area contributed by atoms with Crippen LogP contribution in [0.5, 0.6) is 0 Å². The van der Waals surface area contributed by atoms with Crippen LogP contribution in [0.2, 0.25) is 0 Å². The van der Waals surface area contributed by atoms with E-state index in [2.05, 4.69) is 31.4 Å².